The lowest BCUT2D eigenvalue weighted by atomic mass is 10.1. The van der Waals surface area contributed by atoms with Crippen LogP contribution >= 0.6 is 0 Å². The molecule has 1 N–H and O–H groups in total. The molecule has 0 spiro atoms. The Morgan fingerprint density at radius 3 is 2.52 bits per heavy atom. The van der Waals surface area contributed by atoms with Gasteiger partial charge in [-0.3, -0.25) is 4.79 Å². The summed E-state index contributed by atoms with van der Waals surface area (Å²) in [6, 6.07) is 0. The molecule has 0 aliphatic carbocycles. The summed E-state index contributed by atoms with van der Waals surface area (Å²) in [6.07, 6.45) is 2.70. The normalized spacial score (nSPS) is 11.0. The predicted molar refractivity (Wildman–Crippen MR) is 86.7 cm³/mol. The van der Waals surface area contributed by atoms with E-state index in [9.17, 15) is 4.79 Å². The van der Waals surface area contributed by atoms with Crippen molar-refractivity contribution in [1.82, 2.24) is 14.9 Å². The van der Waals surface area contributed by atoms with Crippen LogP contribution in [0.15, 0.2) is 6.20 Å². The zero-order valence-electron chi connectivity index (χ0n) is 14.1. The molecule has 118 valence electrons. The van der Waals surface area contributed by atoms with Crippen LogP contribution in [-0.4, -0.2) is 40.9 Å². The Kier molecular flexibility index (Phi) is 6.59. The second-order valence-corrected chi connectivity index (χ2v) is 6.08. The lowest BCUT2D eigenvalue weighted by Gasteiger charge is -2.20. The van der Waals surface area contributed by atoms with Gasteiger partial charge in [-0.15, -0.1) is 0 Å². The molecule has 0 aliphatic heterocycles. The van der Waals surface area contributed by atoms with Gasteiger partial charge in [0.05, 0.1) is 11.9 Å². The topological polar surface area (TPSA) is 58.1 Å². The average Bonchev–Trinajstić information content (AvgIpc) is 2.44. The summed E-state index contributed by atoms with van der Waals surface area (Å²) in [5, 5.41) is 3.17. The quantitative estimate of drug-likeness (QED) is 0.838. The summed E-state index contributed by atoms with van der Waals surface area (Å²) in [7, 11) is 1.83. The van der Waals surface area contributed by atoms with Gasteiger partial charge in [0, 0.05) is 26.1 Å². The van der Waals surface area contributed by atoms with Gasteiger partial charge in [0.15, 0.2) is 5.69 Å². The summed E-state index contributed by atoms with van der Waals surface area (Å²) in [6.45, 7) is 11.8. The molecule has 5 nitrogen and oxygen atoms in total. The highest BCUT2D eigenvalue weighted by Gasteiger charge is 2.19. The highest BCUT2D eigenvalue weighted by Crippen LogP contribution is 2.18. The van der Waals surface area contributed by atoms with E-state index in [-0.39, 0.29) is 11.8 Å². The minimum atomic E-state index is -0.0455. The van der Waals surface area contributed by atoms with E-state index in [0.29, 0.717) is 23.1 Å². The molecule has 0 saturated carbocycles. The standard InChI is InChI=1S/C16H28N4O/c1-7-17-13-10-18-15(12(4)5)19-14(13)16(21)20(6)9-8-11(2)3/h10-12,17H,7-9H2,1-6H3. The fraction of sp³-hybridized carbons (Fsp3) is 0.688. The molecule has 1 aromatic rings. The Hall–Kier alpha value is -1.65. The Balaban J connectivity index is 3.01. The lowest BCUT2D eigenvalue weighted by Crippen LogP contribution is -2.30. The monoisotopic (exact) mass is 292 g/mol. The molecule has 0 aromatic carbocycles. The fourth-order valence-corrected chi connectivity index (χ4v) is 1.89. The number of aromatic nitrogens is 2. The van der Waals surface area contributed by atoms with Crippen LogP contribution in [-0.2, 0) is 0 Å². The van der Waals surface area contributed by atoms with Crippen LogP contribution in [0.1, 0.15) is 63.3 Å². The molecule has 1 rings (SSSR count). The maximum atomic E-state index is 12.6. The van der Waals surface area contributed by atoms with Crippen molar-refractivity contribution < 1.29 is 4.79 Å². The minimum absolute atomic E-state index is 0.0455. The molecule has 0 unspecified atom stereocenters. The van der Waals surface area contributed by atoms with Gasteiger partial charge < -0.3 is 10.2 Å². The van der Waals surface area contributed by atoms with Gasteiger partial charge in [0.25, 0.3) is 5.91 Å². The van der Waals surface area contributed by atoms with Crippen LogP contribution < -0.4 is 5.32 Å². The highest BCUT2D eigenvalue weighted by atomic mass is 16.2. The van der Waals surface area contributed by atoms with E-state index in [2.05, 4.69) is 29.1 Å². The summed E-state index contributed by atoms with van der Waals surface area (Å²) >= 11 is 0. The van der Waals surface area contributed by atoms with Gasteiger partial charge >= 0.3 is 0 Å². The minimum Gasteiger partial charge on any atom is -0.382 e. The van der Waals surface area contributed by atoms with Crippen molar-refractivity contribution in [3.05, 3.63) is 17.7 Å². The van der Waals surface area contributed by atoms with Gasteiger partial charge in [-0.05, 0) is 19.3 Å². The lowest BCUT2D eigenvalue weighted by molar-refractivity contribution is 0.0784. The van der Waals surface area contributed by atoms with Crippen molar-refractivity contribution in [3.63, 3.8) is 0 Å². The van der Waals surface area contributed by atoms with Crippen molar-refractivity contribution in [3.8, 4) is 0 Å². The number of rotatable bonds is 7. The van der Waals surface area contributed by atoms with Gasteiger partial charge in [-0.25, -0.2) is 9.97 Å². The number of amides is 1. The highest BCUT2D eigenvalue weighted by molar-refractivity contribution is 5.97. The van der Waals surface area contributed by atoms with Crippen LogP contribution in [0.25, 0.3) is 0 Å². The van der Waals surface area contributed by atoms with Crippen LogP contribution in [0.4, 0.5) is 5.69 Å². The van der Waals surface area contributed by atoms with Crippen molar-refractivity contribution in [2.24, 2.45) is 5.92 Å². The van der Waals surface area contributed by atoms with Gasteiger partial charge in [-0.1, -0.05) is 27.7 Å². The molecule has 1 amide bonds. The number of carbonyl (C=O) groups excluding carboxylic acids is 1. The Morgan fingerprint density at radius 2 is 2.00 bits per heavy atom. The van der Waals surface area contributed by atoms with Crippen molar-refractivity contribution >= 4 is 11.6 Å². The van der Waals surface area contributed by atoms with E-state index < -0.39 is 0 Å². The maximum Gasteiger partial charge on any atom is 0.274 e. The molecular weight excluding hydrogens is 264 g/mol. The zero-order chi connectivity index (χ0) is 16.0. The van der Waals surface area contributed by atoms with E-state index in [0.717, 1.165) is 19.5 Å². The van der Waals surface area contributed by atoms with Crippen LogP contribution in [0, 0.1) is 5.92 Å². The molecule has 0 aliphatic rings. The van der Waals surface area contributed by atoms with Gasteiger partial charge in [-0.2, -0.15) is 0 Å². The predicted octanol–water partition coefficient (Wildman–Crippen LogP) is 3.15. The molecule has 5 heteroatoms. The first kappa shape index (κ1) is 17.4. The Bertz CT molecular complexity index is 471. The molecule has 0 saturated heterocycles. The van der Waals surface area contributed by atoms with E-state index in [1.54, 1.807) is 11.1 Å². The van der Waals surface area contributed by atoms with Gasteiger partial charge in [0.2, 0.25) is 0 Å². The van der Waals surface area contributed by atoms with Crippen molar-refractivity contribution in [2.75, 3.05) is 25.5 Å². The number of hydrogen-bond acceptors (Lipinski definition) is 4. The van der Waals surface area contributed by atoms with Crippen LogP contribution in [0.3, 0.4) is 0 Å². The number of nitrogens with zero attached hydrogens (tertiary/aromatic N) is 3. The smallest absolute Gasteiger partial charge is 0.274 e. The molecule has 0 radical (unpaired) electrons. The second kappa shape index (κ2) is 7.96. The van der Waals surface area contributed by atoms with Crippen LogP contribution in [0.5, 0.6) is 0 Å². The third-order valence-electron chi connectivity index (χ3n) is 3.28. The first-order valence-corrected chi connectivity index (χ1v) is 7.73. The Morgan fingerprint density at radius 1 is 1.33 bits per heavy atom. The van der Waals surface area contributed by atoms with Crippen molar-refractivity contribution in [1.29, 1.82) is 0 Å². The SMILES string of the molecule is CCNc1cnc(C(C)C)nc1C(=O)N(C)CCC(C)C. The van der Waals surface area contributed by atoms with Gasteiger partial charge in [0.1, 0.15) is 5.82 Å². The summed E-state index contributed by atoms with van der Waals surface area (Å²) < 4.78 is 0. The molecule has 0 atom stereocenters. The number of hydrogen-bond donors (Lipinski definition) is 1. The van der Waals surface area contributed by atoms with E-state index in [1.807, 2.05) is 27.8 Å². The van der Waals surface area contributed by atoms with Crippen molar-refractivity contribution in [2.45, 2.75) is 47.0 Å². The molecule has 1 heterocycles. The Labute approximate surface area is 128 Å². The van der Waals surface area contributed by atoms with E-state index >= 15 is 0 Å². The third-order valence-corrected chi connectivity index (χ3v) is 3.28. The summed E-state index contributed by atoms with van der Waals surface area (Å²) in [5.41, 5.74) is 1.19. The fourth-order valence-electron chi connectivity index (χ4n) is 1.89. The summed E-state index contributed by atoms with van der Waals surface area (Å²) in [4.78, 5) is 23.2. The van der Waals surface area contributed by atoms with E-state index in [1.165, 1.54) is 0 Å². The third kappa shape index (κ3) is 4.99. The number of nitrogens with one attached hydrogen (secondary N) is 1. The maximum absolute atomic E-state index is 12.6. The number of carbonyl (C=O) groups is 1. The first-order valence-electron chi connectivity index (χ1n) is 7.73. The molecule has 21 heavy (non-hydrogen) atoms. The van der Waals surface area contributed by atoms with E-state index in [4.69, 9.17) is 0 Å². The molecule has 0 bridgehead atoms. The average molecular weight is 292 g/mol. The first-order chi connectivity index (χ1) is 9.86. The number of anilines is 1. The van der Waals surface area contributed by atoms with Crippen LogP contribution in [0.2, 0.25) is 0 Å². The zero-order valence-corrected chi connectivity index (χ0v) is 14.1. The summed E-state index contributed by atoms with van der Waals surface area (Å²) in [5.74, 6) is 1.44. The molecule has 0 fully saturated rings. The molecule has 1 aromatic heterocycles. The second-order valence-electron chi connectivity index (χ2n) is 6.08. The molecular formula is C16H28N4O. The largest absolute Gasteiger partial charge is 0.382 e.